The van der Waals surface area contributed by atoms with E-state index in [2.05, 4.69) is 0 Å². The maximum Gasteiger partial charge on any atom is 0.335 e. The molecule has 4 heteroatoms. The molecule has 2 aromatic rings. The van der Waals surface area contributed by atoms with Crippen molar-refractivity contribution in [2.45, 2.75) is 20.4 Å². The van der Waals surface area contributed by atoms with Gasteiger partial charge in [-0.15, -0.1) is 0 Å². The number of fused-ring (bicyclic) bond motifs is 1. The number of rotatable bonds is 4. The molecular weight excluding hydrogens is 218 g/mol. The van der Waals surface area contributed by atoms with Gasteiger partial charge in [-0.05, 0) is 32.0 Å². The Morgan fingerprint density at radius 3 is 2.76 bits per heavy atom. The highest BCUT2D eigenvalue weighted by molar-refractivity contribution is 5.96. The third-order valence-corrected chi connectivity index (χ3v) is 2.74. The van der Waals surface area contributed by atoms with Crippen LogP contribution in [0.25, 0.3) is 10.9 Å². The molecule has 0 unspecified atom stereocenters. The van der Waals surface area contributed by atoms with Crippen molar-refractivity contribution in [3.63, 3.8) is 0 Å². The molecule has 17 heavy (non-hydrogen) atoms. The van der Waals surface area contributed by atoms with E-state index < -0.39 is 5.97 Å². The Labute approximate surface area is 99.4 Å². The van der Waals surface area contributed by atoms with Crippen molar-refractivity contribution in [3.05, 3.63) is 30.0 Å². The second kappa shape index (κ2) is 4.49. The molecule has 0 aliphatic rings. The van der Waals surface area contributed by atoms with Crippen molar-refractivity contribution in [3.8, 4) is 5.75 Å². The van der Waals surface area contributed by atoms with Crippen LogP contribution in [0.5, 0.6) is 5.75 Å². The van der Waals surface area contributed by atoms with Crippen LogP contribution < -0.4 is 4.74 Å². The van der Waals surface area contributed by atoms with Crippen LogP contribution in [-0.4, -0.2) is 22.2 Å². The Balaban J connectivity index is 2.69. The lowest BCUT2D eigenvalue weighted by molar-refractivity contribution is 0.0696. The summed E-state index contributed by atoms with van der Waals surface area (Å²) in [6.45, 7) is 5.23. The summed E-state index contributed by atoms with van der Waals surface area (Å²) in [5, 5.41) is 10.0. The van der Waals surface area contributed by atoms with E-state index in [1.54, 1.807) is 12.1 Å². The number of ether oxygens (including phenoxy) is 1. The zero-order valence-electron chi connectivity index (χ0n) is 9.93. The Morgan fingerprint density at radius 1 is 1.41 bits per heavy atom. The fourth-order valence-corrected chi connectivity index (χ4v) is 1.94. The van der Waals surface area contributed by atoms with E-state index in [1.165, 1.54) is 0 Å². The van der Waals surface area contributed by atoms with Crippen molar-refractivity contribution in [1.29, 1.82) is 0 Å². The van der Waals surface area contributed by atoms with E-state index in [1.807, 2.05) is 30.7 Å². The minimum atomic E-state index is -0.934. The molecule has 1 N–H and O–H groups in total. The van der Waals surface area contributed by atoms with Crippen LogP contribution in [0.2, 0.25) is 0 Å². The zero-order valence-corrected chi connectivity index (χ0v) is 9.93. The second-order valence-corrected chi connectivity index (χ2v) is 3.75. The number of hydrogen-bond donors (Lipinski definition) is 1. The van der Waals surface area contributed by atoms with Gasteiger partial charge >= 0.3 is 5.97 Å². The number of aromatic carboxylic acids is 1. The highest BCUT2D eigenvalue weighted by Crippen LogP contribution is 2.28. The molecule has 0 fully saturated rings. The van der Waals surface area contributed by atoms with Crippen LogP contribution in [0.4, 0.5) is 0 Å². The molecule has 0 spiro atoms. The van der Waals surface area contributed by atoms with Crippen molar-refractivity contribution >= 4 is 16.9 Å². The lowest BCUT2D eigenvalue weighted by atomic mass is 10.1. The van der Waals surface area contributed by atoms with E-state index >= 15 is 0 Å². The number of carbonyl (C=O) groups is 1. The molecule has 90 valence electrons. The van der Waals surface area contributed by atoms with Crippen molar-refractivity contribution < 1.29 is 14.6 Å². The average Bonchev–Trinajstić information content (AvgIpc) is 2.72. The first kappa shape index (κ1) is 11.5. The molecule has 0 aliphatic heterocycles. The summed E-state index contributed by atoms with van der Waals surface area (Å²) in [4.78, 5) is 11.1. The summed E-state index contributed by atoms with van der Waals surface area (Å²) in [6, 6.07) is 5.22. The van der Waals surface area contributed by atoms with Gasteiger partial charge in [-0.25, -0.2) is 4.79 Å². The number of aromatic nitrogens is 1. The zero-order chi connectivity index (χ0) is 12.4. The first-order valence-electron chi connectivity index (χ1n) is 5.66. The minimum absolute atomic E-state index is 0.259. The van der Waals surface area contributed by atoms with Crippen LogP contribution in [0.3, 0.4) is 0 Å². The van der Waals surface area contributed by atoms with Gasteiger partial charge in [-0.1, -0.05) is 0 Å². The SMILES string of the molecule is CCOc1cc(C(=O)O)cc2c1ccn2CC. The minimum Gasteiger partial charge on any atom is -0.493 e. The molecular formula is C13H15NO3. The first-order valence-corrected chi connectivity index (χ1v) is 5.66. The van der Waals surface area contributed by atoms with Crippen LogP contribution >= 0.6 is 0 Å². The van der Waals surface area contributed by atoms with Crippen molar-refractivity contribution in [1.82, 2.24) is 4.57 Å². The third kappa shape index (κ3) is 1.98. The van der Waals surface area contributed by atoms with Gasteiger partial charge in [0.1, 0.15) is 5.75 Å². The summed E-state index contributed by atoms with van der Waals surface area (Å²) < 4.78 is 7.50. The highest BCUT2D eigenvalue weighted by atomic mass is 16.5. The van der Waals surface area contributed by atoms with Gasteiger partial charge in [0.05, 0.1) is 17.7 Å². The fourth-order valence-electron chi connectivity index (χ4n) is 1.94. The number of hydrogen-bond acceptors (Lipinski definition) is 2. The molecule has 4 nitrogen and oxygen atoms in total. The molecule has 2 rings (SSSR count). The van der Waals surface area contributed by atoms with Crippen LogP contribution in [0, 0.1) is 0 Å². The van der Waals surface area contributed by atoms with Gasteiger partial charge in [0.25, 0.3) is 0 Å². The fraction of sp³-hybridized carbons (Fsp3) is 0.308. The largest absolute Gasteiger partial charge is 0.493 e. The molecule has 0 radical (unpaired) electrons. The lowest BCUT2D eigenvalue weighted by Crippen LogP contribution is -2.00. The van der Waals surface area contributed by atoms with Gasteiger partial charge in [0.2, 0.25) is 0 Å². The number of aryl methyl sites for hydroxylation is 1. The highest BCUT2D eigenvalue weighted by Gasteiger charge is 2.12. The van der Waals surface area contributed by atoms with Gasteiger partial charge in [0, 0.05) is 18.1 Å². The number of nitrogens with zero attached hydrogens (tertiary/aromatic N) is 1. The van der Waals surface area contributed by atoms with Gasteiger partial charge in [0.15, 0.2) is 0 Å². The van der Waals surface area contributed by atoms with Gasteiger partial charge in [-0.2, -0.15) is 0 Å². The maximum absolute atomic E-state index is 11.1. The molecule has 0 bridgehead atoms. The molecule has 0 aliphatic carbocycles. The van der Waals surface area contributed by atoms with Crippen LogP contribution in [0.15, 0.2) is 24.4 Å². The van der Waals surface area contributed by atoms with Gasteiger partial charge < -0.3 is 14.4 Å². The predicted octanol–water partition coefficient (Wildman–Crippen LogP) is 2.76. The normalized spacial score (nSPS) is 10.7. The molecule has 0 atom stereocenters. The van der Waals surface area contributed by atoms with Crippen LogP contribution in [0.1, 0.15) is 24.2 Å². The number of carboxylic acid groups (broad SMARTS) is 1. The Morgan fingerprint density at radius 2 is 2.18 bits per heavy atom. The van der Waals surface area contributed by atoms with Crippen LogP contribution in [-0.2, 0) is 6.54 Å². The summed E-state index contributed by atoms with van der Waals surface area (Å²) in [5.41, 5.74) is 1.16. The predicted molar refractivity (Wildman–Crippen MR) is 65.7 cm³/mol. The maximum atomic E-state index is 11.1. The smallest absolute Gasteiger partial charge is 0.335 e. The topological polar surface area (TPSA) is 51.5 Å². The van der Waals surface area contributed by atoms with E-state index in [4.69, 9.17) is 9.84 Å². The third-order valence-electron chi connectivity index (χ3n) is 2.74. The summed E-state index contributed by atoms with van der Waals surface area (Å²) in [7, 11) is 0. The second-order valence-electron chi connectivity index (χ2n) is 3.75. The van der Waals surface area contributed by atoms with Crippen molar-refractivity contribution in [2.24, 2.45) is 0 Å². The molecule has 0 amide bonds. The number of carboxylic acids is 1. The van der Waals surface area contributed by atoms with E-state index in [9.17, 15) is 4.79 Å². The van der Waals surface area contributed by atoms with E-state index in [-0.39, 0.29) is 5.56 Å². The standard InChI is InChI=1S/C13H15NO3/c1-3-14-6-5-10-11(14)7-9(13(15)16)8-12(10)17-4-2/h5-8H,3-4H2,1-2H3,(H,15,16). The number of benzene rings is 1. The Kier molecular flexibility index (Phi) is 3.04. The Hall–Kier alpha value is -1.97. The summed E-state index contributed by atoms with van der Waals surface area (Å²) in [5.74, 6) is -0.300. The van der Waals surface area contributed by atoms with Gasteiger partial charge in [-0.3, -0.25) is 0 Å². The van der Waals surface area contributed by atoms with E-state index in [0.29, 0.717) is 12.4 Å². The Bertz CT molecular complexity index is 557. The molecule has 0 saturated heterocycles. The average molecular weight is 233 g/mol. The monoisotopic (exact) mass is 233 g/mol. The summed E-state index contributed by atoms with van der Waals surface area (Å²) in [6.07, 6.45) is 1.94. The molecule has 1 heterocycles. The molecule has 1 aromatic heterocycles. The molecule has 0 saturated carbocycles. The quantitative estimate of drug-likeness (QED) is 0.883. The summed E-state index contributed by atoms with van der Waals surface area (Å²) >= 11 is 0. The van der Waals surface area contributed by atoms with Crippen molar-refractivity contribution in [2.75, 3.05) is 6.61 Å². The van der Waals surface area contributed by atoms with E-state index in [0.717, 1.165) is 17.4 Å². The first-order chi connectivity index (χ1) is 8.17. The lowest BCUT2D eigenvalue weighted by Gasteiger charge is -2.08. The molecule has 1 aromatic carbocycles.